The van der Waals surface area contributed by atoms with E-state index in [4.69, 9.17) is 0 Å². The van der Waals surface area contributed by atoms with Gasteiger partial charge in [0.2, 0.25) is 0 Å². The number of hydrogen-bond donors (Lipinski definition) is 1. The summed E-state index contributed by atoms with van der Waals surface area (Å²) < 4.78 is 1.24. The van der Waals surface area contributed by atoms with Gasteiger partial charge in [0.05, 0.1) is 21.4 Å². The van der Waals surface area contributed by atoms with Crippen LogP contribution in [0.15, 0.2) is 18.5 Å². The van der Waals surface area contributed by atoms with E-state index in [0.29, 0.717) is 0 Å². The Hall–Kier alpha value is -1.00. The highest BCUT2D eigenvalue weighted by atomic mass is 32.1. The zero-order valence-electron chi connectivity index (χ0n) is 8.44. The van der Waals surface area contributed by atoms with Gasteiger partial charge in [0.15, 0.2) is 0 Å². The highest BCUT2D eigenvalue weighted by Gasteiger charge is 2.19. The summed E-state index contributed by atoms with van der Waals surface area (Å²) in [6.45, 7) is 1.05. The van der Waals surface area contributed by atoms with Gasteiger partial charge in [0, 0.05) is 25.2 Å². The Kier molecular flexibility index (Phi) is 2.38. The Morgan fingerprint density at radius 2 is 2.40 bits per heavy atom. The fourth-order valence-corrected chi connectivity index (χ4v) is 2.54. The minimum Gasteiger partial charge on any atom is -0.314 e. The molecule has 0 saturated heterocycles. The quantitative estimate of drug-likeness (QED) is 0.854. The second kappa shape index (κ2) is 3.87. The molecule has 2 heterocycles. The maximum absolute atomic E-state index is 4.55. The van der Waals surface area contributed by atoms with Crippen LogP contribution in [-0.4, -0.2) is 22.6 Å². The molecule has 0 aliphatic heterocycles. The predicted octanol–water partition coefficient (Wildman–Crippen LogP) is 1.99. The third-order valence-corrected chi connectivity index (χ3v) is 3.68. The lowest BCUT2D eigenvalue weighted by molar-refractivity contribution is 0.681. The number of pyridine rings is 1. The summed E-state index contributed by atoms with van der Waals surface area (Å²) in [7, 11) is 0. The average Bonchev–Trinajstić information content (AvgIpc) is 2.97. The van der Waals surface area contributed by atoms with Crippen LogP contribution in [0.2, 0.25) is 0 Å². The normalized spacial score (nSPS) is 16.0. The van der Waals surface area contributed by atoms with Gasteiger partial charge in [-0.25, -0.2) is 4.98 Å². The molecule has 1 aliphatic rings. The predicted molar refractivity (Wildman–Crippen MR) is 62.1 cm³/mol. The molecule has 78 valence electrons. The van der Waals surface area contributed by atoms with E-state index >= 15 is 0 Å². The molecule has 1 saturated carbocycles. The number of hydrogen-bond acceptors (Lipinski definition) is 4. The summed E-state index contributed by atoms with van der Waals surface area (Å²) >= 11 is 1.78. The molecule has 1 aliphatic carbocycles. The molecule has 3 nitrogen and oxygen atoms in total. The summed E-state index contributed by atoms with van der Waals surface area (Å²) in [5, 5.41) is 4.71. The van der Waals surface area contributed by atoms with E-state index in [9.17, 15) is 0 Å². The van der Waals surface area contributed by atoms with E-state index in [1.807, 2.05) is 18.5 Å². The molecule has 2 aromatic rings. The third-order valence-electron chi connectivity index (χ3n) is 2.58. The molecule has 0 spiro atoms. The van der Waals surface area contributed by atoms with E-state index in [1.165, 1.54) is 22.5 Å². The molecule has 1 fully saturated rings. The first-order valence-corrected chi connectivity index (χ1v) is 6.16. The van der Waals surface area contributed by atoms with Gasteiger partial charge in [-0.3, -0.25) is 4.98 Å². The molecule has 0 bridgehead atoms. The molecule has 0 atom stereocenters. The van der Waals surface area contributed by atoms with Crippen LogP contribution >= 0.6 is 11.3 Å². The minimum atomic E-state index is 0.793. The first-order chi connectivity index (χ1) is 7.42. The fraction of sp³-hybridized carbons (Fsp3) is 0.455. The van der Waals surface area contributed by atoms with Crippen molar-refractivity contribution in [1.82, 2.24) is 15.3 Å². The van der Waals surface area contributed by atoms with Crippen LogP contribution in [0, 0.1) is 0 Å². The standard InChI is InChI=1S/C11H13N3S/c1-2-8(1)13-6-4-11-14-9-7-12-5-3-10(9)15-11/h3,5,7-8,13H,1-2,4,6H2. The van der Waals surface area contributed by atoms with E-state index in [0.717, 1.165) is 24.5 Å². The van der Waals surface area contributed by atoms with Gasteiger partial charge in [-0.2, -0.15) is 0 Å². The summed E-state index contributed by atoms with van der Waals surface area (Å²) in [6, 6.07) is 2.83. The number of thiazole rings is 1. The van der Waals surface area contributed by atoms with Crippen LogP contribution in [0.3, 0.4) is 0 Å². The molecule has 0 amide bonds. The van der Waals surface area contributed by atoms with Gasteiger partial charge < -0.3 is 5.32 Å². The lowest BCUT2D eigenvalue weighted by atomic mass is 10.4. The molecule has 3 rings (SSSR count). The van der Waals surface area contributed by atoms with E-state index < -0.39 is 0 Å². The number of nitrogens with zero attached hydrogens (tertiary/aromatic N) is 2. The summed E-state index contributed by atoms with van der Waals surface area (Å²) in [5.41, 5.74) is 1.03. The smallest absolute Gasteiger partial charge is 0.0998 e. The van der Waals surface area contributed by atoms with Crippen LogP contribution < -0.4 is 5.32 Å². The van der Waals surface area contributed by atoms with Crippen LogP contribution in [0.4, 0.5) is 0 Å². The molecule has 1 N–H and O–H groups in total. The Morgan fingerprint density at radius 3 is 3.20 bits per heavy atom. The van der Waals surface area contributed by atoms with Crippen LogP contribution in [-0.2, 0) is 6.42 Å². The first kappa shape index (κ1) is 9.24. The molecule has 4 heteroatoms. The second-order valence-electron chi connectivity index (χ2n) is 3.93. The second-order valence-corrected chi connectivity index (χ2v) is 5.04. The van der Waals surface area contributed by atoms with Crippen LogP contribution in [0.1, 0.15) is 17.8 Å². The minimum absolute atomic E-state index is 0.793. The van der Waals surface area contributed by atoms with Gasteiger partial charge in [0.25, 0.3) is 0 Å². The van der Waals surface area contributed by atoms with Crippen molar-refractivity contribution in [3.8, 4) is 0 Å². The van der Waals surface area contributed by atoms with E-state index in [2.05, 4.69) is 15.3 Å². The van der Waals surface area contributed by atoms with Crippen molar-refractivity contribution in [3.63, 3.8) is 0 Å². The van der Waals surface area contributed by atoms with Crippen molar-refractivity contribution in [1.29, 1.82) is 0 Å². The summed E-state index contributed by atoms with van der Waals surface area (Å²) in [4.78, 5) is 8.62. The Morgan fingerprint density at radius 1 is 1.47 bits per heavy atom. The van der Waals surface area contributed by atoms with Gasteiger partial charge in [-0.15, -0.1) is 11.3 Å². The SMILES string of the molecule is c1cc2sc(CCNC3CC3)nc2cn1. The monoisotopic (exact) mass is 219 g/mol. The lowest BCUT2D eigenvalue weighted by Gasteiger charge is -1.98. The van der Waals surface area contributed by atoms with E-state index in [-0.39, 0.29) is 0 Å². The maximum atomic E-state index is 4.55. The van der Waals surface area contributed by atoms with Crippen LogP contribution in [0.25, 0.3) is 10.2 Å². The zero-order valence-corrected chi connectivity index (χ0v) is 9.26. The number of rotatable bonds is 4. The van der Waals surface area contributed by atoms with Gasteiger partial charge in [-0.05, 0) is 18.9 Å². The Labute approximate surface area is 92.6 Å². The summed E-state index contributed by atoms with van der Waals surface area (Å²) in [6.07, 6.45) is 7.40. The largest absolute Gasteiger partial charge is 0.314 e. The molecule has 2 aromatic heterocycles. The van der Waals surface area contributed by atoms with Gasteiger partial charge >= 0.3 is 0 Å². The molecule has 0 radical (unpaired) electrons. The van der Waals surface area contributed by atoms with Gasteiger partial charge in [0.1, 0.15) is 0 Å². The molecule has 0 unspecified atom stereocenters. The Bertz CT molecular complexity index is 429. The van der Waals surface area contributed by atoms with Crippen molar-refractivity contribution in [3.05, 3.63) is 23.5 Å². The number of aromatic nitrogens is 2. The van der Waals surface area contributed by atoms with Crippen molar-refractivity contribution < 1.29 is 0 Å². The lowest BCUT2D eigenvalue weighted by Crippen LogP contribution is -2.19. The van der Waals surface area contributed by atoms with Crippen molar-refractivity contribution in [2.45, 2.75) is 25.3 Å². The third kappa shape index (κ3) is 2.16. The number of fused-ring (bicyclic) bond motifs is 1. The van der Waals surface area contributed by atoms with Crippen molar-refractivity contribution in [2.24, 2.45) is 0 Å². The molecular weight excluding hydrogens is 206 g/mol. The highest BCUT2D eigenvalue weighted by Crippen LogP contribution is 2.21. The molecular formula is C11H13N3S. The molecule has 15 heavy (non-hydrogen) atoms. The molecule has 0 aromatic carbocycles. The van der Waals surface area contributed by atoms with Gasteiger partial charge in [-0.1, -0.05) is 0 Å². The van der Waals surface area contributed by atoms with Crippen molar-refractivity contribution in [2.75, 3.05) is 6.54 Å². The average molecular weight is 219 g/mol. The number of nitrogens with one attached hydrogen (secondary N) is 1. The zero-order chi connectivity index (χ0) is 10.1. The Balaban J connectivity index is 1.68. The fourth-order valence-electron chi connectivity index (χ4n) is 1.61. The van der Waals surface area contributed by atoms with Crippen molar-refractivity contribution >= 4 is 21.6 Å². The van der Waals surface area contributed by atoms with Crippen LogP contribution in [0.5, 0.6) is 0 Å². The first-order valence-electron chi connectivity index (χ1n) is 5.34. The maximum Gasteiger partial charge on any atom is 0.0998 e. The summed E-state index contributed by atoms with van der Waals surface area (Å²) in [5.74, 6) is 0. The van der Waals surface area contributed by atoms with E-state index in [1.54, 1.807) is 11.3 Å². The highest BCUT2D eigenvalue weighted by molar-refractivity contribution is 7.18. The topological polar surface area (TPSA) is 37.8 Å².